The summed E-state index contributed by atoms with van der Waals surface area (Å²) in [5, 5.41) is 2.90. The van der Waals surface area contributed by atoms with E-state index < -0.39 is 28.5 Å². The number of benzene rings is 2. The molecule has 2 amide bonds. The van der Waals surface area contributed by atoms with Crippen molar-refractivity contribution in [3.8, 4) is 11.5 Å². The molecule has 0 aliphatic carbocycles. The Morgan fingerprint density at radius 2 is 1.69 bits per heavy atom. The molecule has 9 nitrogen and oxygen atoms in total. The van der Waals surface area contributed by atoms with Gasteiger partial charge in [0.15, 0.2) is 0 Å². The maximum absolute atomic E-state index is 13.7. The van der Waals surface area contributed by atoms with Gasteiger partial charge in [0.25, 0.3) is 0 Å². The molecule has 0 bridgehead atoms. The van der Waals surface area contributed by atoms with Gasteiger partial charge in [0.1, 0.15) is 24.1 Å². The van der Waals surface area contributed by atoms with Crippen LogP contribution in [0.1, 0.15) is 32.8 Å². The summed E-state index contributed by atoms with van der Waals surface area (Å²) in [5.41, 5.74) is 1.03. The van der Waals surface area contributed by atoms with Crippen molar-refractivity contribution in [3.05, 3.63) is 54.1 Å². The van der Waals surface area contributed by atoms with Gasteiger partial charge in [-0.15, -0.1) is 0 Å². The minimum Gasteiger partial charge on any atom is -0.497 e. The number of rotatable bonds is 13. The summed E-state index contributed by atoms with van der Waals surface area (Å²) in [6, 6.07) is 13.2. The van der Waals surface area contributed by atoms with Crippen LogP contribution in [-0.4, -0.2) is 64.7 Å². The molecule has 0 spiro atoms. The highest BCUT2D eigenvalue weighted by atomic mass is 32.2. The highest BCUT2D eigenvalue weighted by Gasteiger charge is 2.32. The fourth-order valence-electron chi connectivity index (χ4n) is 3.71. The van der Waals surface area contributed by atoms with Crippen molar-refractivity contribution >= 4 is 27.5 Å². The average Bonchev–Trinajstić information content (AvgIpc) is 2.85. The number of carbonyl (C=O) groups excluding carboxylic acids is 2. The number of carbonyl (C=O) groups is 2. The second-order valence-corrected chi connectivity index (χ2v) is 10.8. The molecule has 2 aromatic rings. The molecule has 36 heavy (non-hydrogen) atoms. The van der Waals surface area contributed by atoms with Gasteiger partial charge in [-0.05, 0) is 30.0 Å². The fraction of sp³-hybridized carbons (Fsp3) is 0.462. The molecule has 0 heterocycles. The summed E-state index contributed by atoms with van der Waals surface area (Å²) in [6.07, 6.45) is 1.39. The van der Waals surface area contributed by atoms with Gasteiger partial charge in [0, 0.05) is 19.2 Å². The van der Waals surface area contributed by atoms with Crippen LogP contribution in [0.15, 0.2) is 48.5 Å². The molecule has 0 unspecified atom stereocenters. The number of nitrogens with one attached hydrogen (secondary N) is 1. The maximum atomic E-state index is 13.7. The zero-order valence-corrected chi connectivity index (χ0v) is 22.7. The number of sulfonamides is 1. The molecule has 0 saturated carbocycles. The van der Waals surface area contributed by atoms with Crippen LogP contribution >= 0.6 is 0 Å². The smallest absolute Gasteiger partial charge is 0.244 e. The second-order valence-electron chi connectivity index (χ2n) is 8.88. The number of amides is 2. The molecular formula is C26H37N3O6S. The summed E-state index contributed by atoms with van der Waals surface area (Å²) in [7, 11) is -0.981. The second kappa shape index (κ2) is 13.2. The van der Waals surface area contributed by atoms with Gasteiger partial charge >= 0.3 is 0 Å². The first-order valence-electron chi connectivity index (χ1n) is 11.8. The van der Waals surface area contributed by atoms with Crippen molar-refractivity contribution in [3.63, 3.8) is 0 Å². The monoisotopic (exact) mass is 519 g/mol. The number of nitrogens with zero attached hydrogens (tertiary/aromatic N) is 2. The largest absolute Gasteiger partial charge is 0.497 e. The first-order valence-corrected chi connectivity index (χ1v) is 13.7. The van der Waals surface area contributed by atoms with Crippen LogP contribution in [0.25, 0.3) is 0 Å². The Kier molecular flexibility index (Phi) is 10.6. The Labute approximate surface area is 214 Å². The van der Waals surface area contributed by atoms with E-state index in [1.807, 2.05) is 51.1 Å². The lowest BCUT2D eigenvalue weighted by molar-refractivity contribution is -0.140. The lowest BCUT2D eigenvalue weighted by atomic mass is 10.1. The summed E-state index contributed by atoms with van der Waals surface area (Å²) in [6.45, 7) is 5.93. The minimum atomic E-state index is -3.88. The molecule has 0 radical (unpaired) electrons. The zero-order chi connectivity index (χ0) is 26.9. The normalized spacial score (nSPS) is 12.1. The lowest BCUT2D eigenvalue weighted by Gasteiger charge is -2.33. The van der Waals surface area contributed by atoms with Crippen LogP contribution in [0.2, 0.25) is 0 Å². The number of hydrogen-bond acceptors (Lipinski definition) is 6. The molecule has 0 aliphatic rings. The molecule has 10 heteroatoms. The predicted molar refractivity (Wildman–Crippen MR) is 141 cm³/mol. The standard InChI is InChI=1S/C26H37N3O6S/c1-7-22(26(31)27-16-19(2)3)28(17-20-11-9-8-10-12-20)25(30)18-29(36(6,32)33)23-14-13-21(34-4)15-24(23)35-5/h8-15,19,22H,7,16-18H2,1-6H3,(H,27,31)/t22-/m0/s1. The van der Waals surface area contributed by atoms with E-state index >= 15 is 0 Å². The minimum absolute atomic E-state index is 0.157. The van der Waals surface area contributed by atoms with Crippen molar-refractivity contribution in [1.29, 1.82) is 0 Å². The van der Waals surface area contributed by atoms with Gasteiger partial charge in [-0.25, -0.2) is 8.42 Å². The third kappa shape index (κ3) is 7.87. The quantitative estimate of drug-likeness (QED) is 0.436. The molecule has 2 rings (SSSR count). The number of hydrogen-bond donors (Lipinski definition) is 1. The Morgan fingerprint density at radius 3 is 2.22 bits per heavy atom. The molecule has 2 aromatic carbocycles. The lowest BCUT2D eigenvalue weighted by Crippen LogP contribution is -2.52. The molecule has 1 N–H and O–H groups in total. The third-order valence-electron chi connectivity index (χ3n) is 5.60. The van der Waals surface area contributed by atoms with Crippen molar-refractivity contribution in [1.82, 2.24) is 10.2 Å². The van der Waals surface area contributed by atoms with Crippen LogP contribution in [0.4, 0.5) is 5.69 Å². The summed E-state index contributed by atoms with van der Waals surface area (Å²) >= 11 is 0. The highest BCUT2D eigenvalue weighted by molar-refractivity contribution is 7.92. The molecule has 0 saturated heterocycles. The van der Waals surface area contributed by atoms with Crippen LogP contribution < -0.4 is 19.1 Å². The van der Waals surface area contributed by atoms with E-state index in [9.17, 15) is 18.0 Å². The summed E-state index contributed by atoms with van der Waals surface area (Å²) < 4.78 is 37.2. The fourth-order valence-corrected chi connectivity index (χ4v) is 4.56. The van der Waals surface area contributed by atoms with Gasteiger partial charge in [-0.2, -0.15) is 0 Å². The van der Waals surface area contributed by atoms with Crippen LogP contribution in [-0.2, 0) is 26.2 Å². The zero-order valence-electron chi connectivity index (χ0n) is 21.9. The van der Waals surface area contributed by atoms with Crippen LogP contribution in [0.5, 0.6) is 11.5 Å². The van der Waals surface area contributed by atoms with Gasteiger partial charge in [0.05, 0.1) is 26.2 Å². The Morgan fingerprint density at radius 1 is 1.03 bits per heavy atom. The molecule has 0 aliphatic heterocycles. The topological polar surface area (TPSA) is 105 Å². The van der Waals surface area contributed by atoms with Crippen molar-refractivity contribution in [2.75, 3.05) is 37.9 Å². The van der Waals surface area contributed by atoms with Crippen LogP contribution in [0.3, 0.4) is 0 Å². The third-order valence-corrected chi connectivity index (χ3v) is 6.73. The molecule has 198 valence electrons. The van der Waals surface area contributed by atoms with E-state index in [4.69, 9.17) is 9.47 Å². The van der Waals surface area contributed by atoms with Gasteiger partial charge in [0.2, 0.25) is 21.8 Å². The molecule has 0 aromatic heterocycles. The Hall–Kier alpha value is -3.27. The van der Waals surface area contributed by atoms with E-state index in [1.54, 1.807) is 12.1 Å². The first-order chi connectivity index (χ1) is 17.0. The number of anilines is 1. The van der Waals surface area contributed by atoms with E-state index in [0.29, 0.717) is 18.7 Å². The van der Waals surface area contributed by atoms with Gasteiger partial charge in [-0.1, -0.05) is 51.1 Å². The van der Waals surface area contributed by atoms with Crippen molar-refractivity contribution in [2.24, 2.45) is 5.92 Å². The van der Waals surface area contributed by atoms with E-state index in [-0.39, 0.29) is 29.8 Å². The van der Waals surface area contributed by atoms with E-state index in [1.165, 1.54) is 25.2 Å². The maximum Gasteiger partial charge on any atom is 0.244 e. The Bertz CT molecular complexity index is 1120. The SMILES string of the molecule is CC[C@@H](C(=O)NCC(C)C)N(Cc1ccccc1)C(=O)CN(c1ccc(OC)cc1OC)S(C)(=O)=O. The van der Waals surface area contributed by atoms with E-state index in [2.05, 4.69) is 5.32 Å². The predicted octanol–water partition coefficient (Wildman–Crippen LogP) is 3.05. The van der Waals surface area contributed by atoms with Gasteiger partial charge in [-0.3, -0.25) is 13.9 Å². The first kappa shape index (κ1) is 29.0. The summed E-state index contributed by atoms with van der Waals surface area (Å²) in [5.74, 6) is 0.183. The average molecular weight is 520 g/mol. The molecular weight excluding hydrogens is 482 g/mol. The highest BCUT2D eigenvalue weighted by Crippen LogP contribution is 2.33. The van der Waals surface area contributed by atoms with Crippen molar-refractivity contribution < 1.29 is 27.5 Å². The van der Waals surface area contributed by atoms with Crippen molar-refractivity contribution in [2.45, 2.75) is 39.8 Å². The number of ether oxygens (including phenoxy) is 2. The van der Waals surface area contributed by atoms with Crippen LogP contribution in [0, 0.1) is 5.92 Å². The Balaban J connectivity index is 2.46. The number of methoxy groups -OCH3 is 2. The summed E-state index contributed by atoms with van der Waals surface area (Å²) in [4.78, 5) is 28.2. The molecule has 1 atom stereocenters. The molecule has 0 fully saturated rings. The van der Waals surface area contributed by atoms with Gasteiger partial charge < -0.3 is 19.7 Å². The van der Waals surface area contributed by atoms with E-state index in [0.717, 1.165) is 16.1 Å².